The summed E-state index contributed by atoms with van der Waals surface area (Å²) in [7, 11) is 1.34. The van der Waals surface area contributed by atoms with Gasteiger partial charge in [0.2, 0.25) is 0 Å². The highest BCUT2D eigenvalue weighted by Gasteiger charge is 2.45. The topological polar surface area (TPSA) is 125 Å². The van der Waals surface area contributed by atoms with Gasteiger partial charge in [0, 0.05) is 7.05 Å². The van der Waals surface area contributed by atoms with Gasteiger partial charge in [-0.1, -0.05) is 11.6 Å². The van der Waals surface area contributed by atoms with Crippen LogP contribution in [0.1, 0.15) is 11.7 Å². The van der Waals surface area contributed by atoms with Crippen molar-refractivity contribution in [1.29, 1.82) is 0 Å². The summed E-state index contributed by atoms with van der Waals surface area (Å²) in [6, 6.07) is 0. The highest BCUT2D eigenvalue weighted by atomic mass is 35.5. The number of aliphatic hydroxyl groups excluding tert-OH is 3. The van der Waals surface area contributed by atoms with E-state index < -0.39 is 42.3 Å². The van der Waals surface area contributed by atoms with Crippen LogP contribution in [0.15, 0.2) is 9.59 Å². The monoisotopic (exact) mass is 292 g/mol. The number of nitrogens with zero attached hydrogens (tertiary/aromatic N) is 1. The Kier molecular flexibility index (Phi) is 3.79. The van der Waals surface area contributed by atoms with Crippen molar-refractivity contribution in [3.05, 3.63) is 31.6 Å². The van der Waals surface area contributed by atoms with Crippen molar-refractivity contribution in [3.63, 3.8) is 0 Å². The van der Waals surface area contributed by atoms with Crippen molar-refractivity contribution >= 4 is 11.6 Å². The third-order valence-electron chi connectivity index (χ3n) is 3.11. The van der Waals surface area contributed by atoms with Gasteiger partial charge in [0.1, 0.15) is 29.6 Å². The van der Waals surface area contributed by atoms with Gasteiger partial charge < -0.3 is 20.1 Å². The average Bonchev–Trinajstić information content (AvgIpc) is 2.64. The molecule has 0 spiro atoms. The molecule has 1 aliphatic heterocycles. The predicted octanol–water partition coefficient (Wildman–Crippen LogP) is -2.12. The van der Waals surface area contributed by atoms with Gasteiger partial charge in [0.05, 0.1) is 12.2 Å². The quantitative estimate of drug-likeness (QED) is 0.462. The molecule has 1 aromatic heterocycles. The van der Waals surface area contributed by atoms with Crippen LogP contribution < -0.4 is 11.2 Å². The lowest BCUT2D eigenvalue weighted by molar-refractivity contribution is -0.0233. The first-order valence-electron chi connectivity index (χ1n) is 5.49. The third-order valence-corrected chi connectivity index (χ3v) is 3.57. The first-order chi connectivity index (χ1) is 8.88. The maximum atomic E-state index is 11.8. The minimum Gasteiger partial charge on any atom is -0.394 e. The Morgan fingerprint density at radius 2 is 2.00 bits per heavy atom. The smallest absolute Gasteiger partial charge is 0.329 e. The number of aromatic nitrogens is 2. The molecule has 0 unspecified atom stereocenters. The summed E-state index contributed by atoms with van der Waals surface area (Å²) in [6.45, 7) is -0.518. The van der Waals surface area contributed by atoms with E-state index in [0.29, 0.717) is 0 Å². The highest BCUT2D eigenvalue weighted by Crippen LogP contribution is 2.34. The zero-order chi connectivity index (χ0) is 14.3. The first kappa shape index (κ1) is 14.2. The van der Waals surface area contributed by atoms with Crippen molar-refractivity contribution in [3.8, 4) is 0 Å². The fraction of sp³-hybridized carbons (Fsp3) is 0.600. The number of hydrogen-bond donors (Lipinski definition) is 4. The van der Waals surface area contributed by atoms with Crippen LogP contribution in [-0.2, 0) is 11.8 Å². The number of aliphatic hydroxyl groups is 3. The SMILES string of the molecule is Cn1c(Cl)c([C@@H]2O[C@H](CO)[C@@H](O)[C@H]2O)c(=O)[nH]c1=O. The predicted molar refractivity (Wildman–Crippen MR) is 64.0 cm³/mol. The second-order valence-corrected chi connectivity index (χ2v) is 4.64. The molecule has 106 valence electrons. The zero-order valence-corrected chi connectivity index (χ0v) is 10.7. The second-order valence-electron chi connectivity index (χ2n) is 4.28. The molecule has 1 aromatic rings. The molecular formula is C10H13ClN2O6. The van der Waals surface area contributed by atoms with E-state index in [9.17, 15) is 19.8 Å². The Labute approximate surface area is 111 Å². The summed E-state index contributed by atoms with van der Waals surface area (Å²) in [5, 5.41) is 28.3. The third kappa shape index (κ3) is 2.21. The van der Waals surface area contributed by atoms with Crippen LogP contribution in [0, 0.1) is 0 Å². The maximum Gasteiger partial charge on any atom is 0.329 e. The van der Waals surface area contributed by atoms with Gasteiger partial charge in [-0.05, 0) is 0 Å². The van der Waals surface area contributed by atoms with Gasteiger partial charge in [-0.2, -0.15) is 0 Å². The van der Waals surface area contributed by atoms with E-state index in [1.54, 1.807) is 0 Å². The molecule has 1 fully saturated rings. The molecule has 8 nitrogen and oxygen atoms in total. The summed E-state index contributed by atoms with van der Waals surface area (Å²) in [4.78, 5) is 25.1. The highest BCUT2D eigenvalue weighted by molar-refractivity contribution is 6.30. The van der Waals surface area contributed by atoms with E-state index in [1.165, 1.54) is 7.05 Å². The number of nitrogens with one attached hydrogen (secondary N) is 1. The Hall–Kier alpha value is -1.19. The van der Waals surface area contributed by atoms with Crippen LogP contribution in [0.3, 0.4) is 0 Å². The molecule has 4 atom stereocenters. The lowest BCUT2D eigenvalue weighted by Gasteiger charge is -2.16. The molecule has 9 heteroatoms. The molecule has 1 aliphatic rings. The Morgan fingerprint density at radius 1 is 1.37 bits per heavy atom. The number of halogens is 1. The molecule has 0 aromatic carbocycles. The lowest BCUT2D eigenvalue weighted by atomic mass is 10.0. The van der Waals surface area contributed by atoms with Gasteiger partial charge in [-0.25, -0.2) is 4.79 Å². The minimum absolute atomic E-state index is 0.161. The zero-order valence-electron chi connectivity index (χ0n) is 9.91. The number of rotatable bonds is 2. The van der Waals surface area contributed by atoms with Gasteiger partial charge in [0.15, 0.2) is 0 Å². The van der Waals surface area contributed by atoms with Crippen molar-refractivity contribution in [2.24, 2.45) is 7.05 Å². The van der Waals surface area contributed by atoms with Crippen LogP contribution in [0.2, 0.25) is 5.15 Å². The molecule has 0 bridgehead atoms. The minimum atomic E-state index is -1.42. The second kappa shape index (κ2) is 5.06. The normalized spacial score (nSPS) is 30.8. The Balaban J connectivity index is 2.52. The fourth-order valence-corrected chi connectivity index (χ4v) is 2.27. The van der Waals surface area contributed by atoms with Gasteiger partial charge >= 0.3 is 5.69 Å². The largest absolute Gasteiger partial charge is 0.394 e. The fourth-order valence-electron chi connectivity index (χ4n) is 2.00. The molecule has 19 heavy (non-hydrogen) atoms. The maximum absolute atomic E-state index is 11.8. The number of ether oxygens (including phenoxy) is 1. The summed E-state index contributed by atoms with van der Waals surface area (Å²) in [5.74, 6) is 0. The van der Waals surface area contributed by atoms with Crippen molar-refractivity contribution in [1.82, 2.24) is 9.55 Å². The van der Waals surface area contributed by atoms with E-state index in [0.717, 1.165) is 4.57 Å². The van der Waals surface area contributed by atoms with Crippen LogP contribution >= 0.6 is 11.6 Å². The van der Waals surface area contributed by atoms with Crippen LogP contribution in [0.5, 0.6) is 0 Å². The molecule has 1 saturated heterocycles. The van der Waals surface area contributed by atoms with E-state index in [-0.39, 0.29) is 10.7 Å². The molecule has 0 saturated carbocycles. The molecule has 0 aliphatic carbocycles. The van der Waals surface area contributed by atoms with E-state index in [4.69, 9.17) is 21.4 Å². The summed E-state index contributed by atoms with van der Waals surface area (Å²) >= 11 is 5.90. The average molecular weight is 293 g/mol. The molecule has 4 N–H and O–H groups in total. The molecule has 2 rings (SSSR count). The molecule has 0 radical (unpaired) electrons. The first-order valence-corrected chi connectivity index (χ1v) is 5.87. The van der Waals surface area contributed by atoms with Gasteiger partial charge in [-0.15, -0.1) is 0 Å². The molecule has 2 heterocycles. The van der Waals surface area contributed by atoms with Crippen molar-refractivity contribution in [2.45, 2.75) is 24.4 Å². The summed E-state index contributed by atoms with van der Waals surface area (Å²) in [6.07, 6.45) is -5.00. The van der Waals surface area contributed by atoms with E-state index in [2.05, 4.69) is 0 Å². The Morgan fingerprint density at radius 3 is 2.53 bits per heavy atom. The summed E-state index contributed by atoms with van der Waals surface area (Å²) < 4.78 is 6.19. The van der Waals surface area contributed by atoms with Crippen LogP contribution in [0.4, 0.5) is 0 Å². The Bertz CT molecular complexity index is 597. The number of aromatic amines is 1. The standard InChI is InChI=1S/C10H13ClN2O6/c1-13-8(11)4(9(17)12-10(13)18)7-6(16)5(15)3(2-14)19-7/h3,5-7,14-16H,2H2,1H3,(H,12,17,18)/t3-,5-,6-,7+/m1/s1. The van der Waals surface area contributed by atoms with Crippen LogP contribution in [-0.4, -0.2) is 49.8 Å². The van der Waals surface area contributed by atoms with E-state index >= 15 is 0 Å². The van der Waals surface area contributed by atoms with Crippen molar-refractivity contribution < 1.29 is 20.1 Å². The van der Waals surface area contributed by atoms with Crippen LogP contribution in [0.25, 0.3) is 0 Å². The van der Waals surface area contributed by atoms with Gasteiger partial charge in [-0.3, -0.25) is 14.3 Å². The number of hydrogen-bond acceptors (Lipinski definition) is 6. The van der Waals surface area contributed by atoms with Gasteiger partial charge in [0.25, 0.3) is 5.56 Å². The number of H-pyrrole nitrogens is 1. The molecule has 0 amide bonds. The molecular weight excluding hydrogens is 280 g/mol. The van der Waals surface area contributed by atoms with Crippen molar-refractivity contribution in [2.75, 3.05) is 6.61 Å². The summed E-state index contributed by atoms with van der Waals surface area (Å²) in [5.41, 5.74) is -1.67. The van der Waals surface area contributed by atoms with E-state index in [1.807, 2.05) is 4.98 Å². The lowest BCUT2D eigenvalue weighted by Crippen LogP contribution is -2.36.